The lowest BCUT2D eigenvalue weighted by molar-refractivity contribution is -0.241. The van der Waals surface area contributed by atoms with Gasteiger partial charge in [0.2, 0.25) is 0 Å². The van der Waals surface area contributed by atoms with Crippen LogP contribution in [0.4, 0.5) is 0 Å². The van der Waals surface area contributed by atoms with Crippen molar-refractivity contribution in [3.63, 3.8) is 0 Å². The van der Waals surface area contributed by atoms with Crippen LogP contribution < -0.4 is 0 Å². The highest BCUT2D eigenvalue weighted by Crippen LogP contribution is 2.40. The highest BCUT2D eigenvalue weighted by molar-refractivity contribution is 4.97. The molecule has 0 aromatic carbocycles. The summed E-state index contributed by atoms with van der Waals surface area (Å²) in [4.78, 5) is 0. The molecule has 0 radical (unpaired) electrons. The summed E-state index contributed by atoms with van der Waals surface area (Å²) in [6.45, 7) is 9.18. The van der Waals surface area contributed by atoms with Crippen LogP contribution in [0.3, 0.4) is 0 Å². The van der Waals surface area contributed by atoms with E-state index in [0.717, 1.165) is 26.1 Å². The van der Waals surface area contributed by atoms with Crippen molar-refractivity contribution < 1.29 is 33.2 Å². The Bertz CT molecular complexity index is 515. The summed E-state index contributed by atoms with van der Waals surface area (Å²) in [6, 6.07) is 0. The van der Waals surface area contributed by atoms with Crippen LogP contribution in [0.15, 0.2) is 0 Å². The van der Waals surface area contributed by atoms with E-state index in [2.05, 4.69) is 6.92 Å². The van der Waals surface area contributed by atoms with E-state index in [1.165, 1.54) is 64.2 Å². The van der Waals surface area contributed by atoms with Gasteiger partial charge in [-0.2, -0.15) is 0 Å². The summed E-state index contributed by atoms with van der Waals surface area (Å²) in [5.41, 5.74) is 0. The monoisotopic (exact) mass is 472 g/mol. The Morgan fingerprint density at radius 3 is 1.94 bits per heavy atom. The minimum Gasteiger partial charge on any atom is -0.381 e. The van der Waals surface area contributed by atoms with Crippen molar-refractivity contribution in [3.05, 3.63) is 0 Å². The second-order valence-corrected chi connectivity index (χ2v) is 10.1. The van der Waals surface area contributed by atoms with Crippen molar-refractivity contribution >= 4 is 0 Å². The molecule has 0 aromatic rings. The zero-order valence-electron chi connectivity index (χ0n) is 21.3. The standard InChI is InChI=1S/C26H48O7/c1-4-5-6-7-8-9-10-11-12-13-16-27-17-14-15-18-28-19-21-22-23(30-20-29-22)24-25(31-21)33-26(2,3)32-24/h21-25H,4-20H2,1-3H3/t21-,22+,23+,24-,25-/m1/s1. The lowest BCUT2D eigenvalue weighted by atomic mass is 9.99. The second kappa shape index (κ2) is 15.0. The molecule has 3 aliphatic rings. The third kappa shape index (κ3) is 9.36. The molecular weight excluding hydrogens is 424 g/mol. The molecule has 7 heteroatoms. The van der Waals surface area contributed by atoms with Gasteiger partial charge in [-0.25, -0.2) is 0 Å². The van der Waals surface area contributed by atoms with Gasteiger partial charge in [-0.3, -0.25) is 0 Å². The minimum absolute atomic E-state index is 0.168. The van der Waals surface area contributed by atoms with E-state index in [-0.39, 0.29) is 31.2 Å². The summed E-state index contributed by atoms with van der Waals surface area (Å²) < 4.78 is 41.1. The number of hydrogen-bond acceptors (Lipinski definition) is 7. The van der Waals surface area contributed by atoms with Crippen LogP contribution in [0.5, 0.6) is 0 Å². The van der Waals surface area contributed by atoms with Gasteiger partial charge < -0.3 is 33.2 Å². The van der Waals surface area contributed by atoms with Crippen LogP contribution in [-0.4, -0.2) is 69.7 Å². The Kier molecular flexibility index (Phi) is 12.4. The molecule has 194 valence electrons. The fraction of sp³-hybridized carbons (Fsp3) is 1.00. The fourth-order valence-corrected chi connectivity index (χ4v) is 4.86. The predicted octanol–water partition coefficient (Wildman–Crippen LogP) is 5.34. The highest BCUT2D eigenvalue weighted by Gasteiger charge is 2.57. The summed E-state index contributed by atoms with van der Waals surface area (Å²) in [5.74, 6) is -0.671. The summed E-state index contributed by atoms with van der Waals surface area (Å²) >= 11 is 0. The molecule has 3 fully saturated rings. The lowest BCUT2D eigenvalue weighted by Gasteiger charge is -2.37. The van der Waals surface area contributed by atoms with Gasteiger partial charge in [0.15, 0.2) is 12.1 Å². The van der Waals surface area contributed by atoms with Gasteiger partial charge in [0.1, 0.15) is 31.2 Å². The van der Waals surface area contributed by atoms with E-state index < -0.39 is 12.1 Å². The average Bonchev–Trinajstić information content (AvgIpc) is 3.39. The summed E-state index contributed by atoms with van der Waals surface area (Å²) in [5, 5.41) is 0. The first kappa shape index (κ1) is 27.3. The number of rotatable bonds is 18. The van der Waals surface area contributed by atoms with E-state index in [0.29, 0.717) is 13.2 Å². The van der Waals surface area contributed by atoms with Crippen LogP contribution in [0.1, 0.15) is 97.8 Å². The third-order valence-electron chi connectivity index (χ3n) is 6.68. The van der Waals surface area contributed by atoms with Gasteiger partial charge in [0, 0.05) is 19.8 Å². The zero-order valence-corrected chi connectivity index (χ0v) is 21.3. The summed E-state index contributed by atoms with van der Waals surface area (Å²) in [6.07, 6.45) is 14.3. The van der Waals surface area contributed by atoms with Gasteiger partial charge >= 0.3 is 0 Å². The van der Waals surface area contributed by atoms with E-state index >= 15 is 0 Å². The number of ether oxygens (including phenoxy) is 7. The highest BCUT2D eigenvalue weighted by atomic mass is 16.8. The Morgan fingerprint density at radius 2 is 1.24 bits per heavy atom. The van der Waals surface area contributed by atoms with Gasteiger partial charge in [-0.05, 0) is 33.1 Å². The molecule has 3 heterocycles. The van der Waals surface area contributed by atoms with E-state index in [1.807, 2.05) is 13.8 Å². The first-order chi connectivity index (χ1) is 16.1. The molecule has 7 nitrogen and oxygen atoms in total. The Morgan fingerprint density at radius 1 is 0.667 bits per heavy atom. The quantitative estimate of drug-likeness (QED) is 0.250. The molecule has 0 aromatic heterocycles. The van der Waals surface area contributed by atoms with Crippen LogP contribution in [0, 0.1) is 0 Å². The van der Waals surface area contributed by atoms with Crippen molar-refractivity contribution in [1.82, 2.24) is 0 Å². The molecule has 0 saturated carbocycles. The topological polar surface area (TPSA) is 64.6 Å². The first-order valence-electron chi connectivity index (χ1n) is 13.5. The van der Waals surface area contributed by atoms with Crippen molar-refractivity contribution in [2.45, 2.75) is 134 Å². The third-order valence-corrected chi connectivity index (χ3v) is 6.68. The predicted molar refractivity (Wildman–Crippen MR) is 126 cm³/mol. The van der Waals surface area contributed by atoms with Crippen LogP contribution in [-0.2, 0) is 33.2 Å². The number of unbranched alkanes of at least 4 members (excludes halogenated alkanes) is 10. The fourth-order valence-electron chi connectivity index (χ4n) is 4.86. The number of hydrogen-bond donors (Lipinski definition) is 0. The molecule has 0 spiro atoms. The second-order valence-electron chi connectivity index (χ2n) is 10.1. The molecule has 5 atom stereocenters. The minimum atomic E-state index is -0.671. The molecule has 3 aliphatic heterocycles. The molecule has 0 amide bonds. The van der Waals surface area contributed by atoms with E-state index in [4.69, 9.17) is 33.2 Å². The molecule has 0 unspecified atom stereocenters. The molecule has 0 aliphatic carbocycles. The molecule has 3 rings (SSSR count). The molecular formula is C26H48O7. The largest absolute Gasteiger partial charge is 0.381 e. The maximum Gasteiger partial charge on any atom is 0.190 e. The Balaban J connectivity index is 1.12. The van der Waals surface area contributed by atoms with Crippen LogP contribution in [0.25, 0.3) is 0 Å². The maximum absolute atomic E-state index is 6.09. The average molecular weight is 473 g/mol. The van der Waals surface area contributed by atoms with Gasteiger partial charge in [0.05, 0.1) is 6.61 Å². The van der Waals surface area contributed by atoms with Crippen LogP contribution in [0.2, 0.25) is 0 Å². The molecule has 3 saturated heterocycles. The van der Waals surface area contributed by atoms with Gasteiger partial charge in [-0.15, -0.1) is 0 Å². The lowest BCUT2D eigenvalue weighted by Crippen LogP contribution is -2.56. The van der Waals surface area contributed by atoms with Gasteiger partial charge in [0.25, 0.3) is 0 Å². The van der Waals surface area contributed by atoms with E-state index in [9.17, 15) is 0 Å². The normalized spacial score (nSPS) is 30.5. The van der Waals surface area contributed by atoms with Crippen LogP contribution >= 0.6 is 0 Å². The molecule has 0 bridgehead atoms. The van der Waals surface area contributed by atoms with Gasteiger partial charge in [-0.1, -0.05) is 64.7 Å². The molecule has 33 heavy (non-hydrogen) atoms. The summed E-state index contributed by atoms with van der Waals surface area (Å²) in [7, 11) is 0. The van der Waals surface area contributed by atoms with Crippen molar-refractivity contribution in [2.75, 3.05) is 33.2 Å². The van der Waals surface area contributed by atoms with Crippen molar-refractivity contribution in [2.24, 2.45) is 0 Å². The van der Waals surface area contributed by atoms with E-state index in [1.54, 1.807) is 0 Å². The SMILES string of the molecule is CCCCCCCCCCCCOCCCCOC[C@H]1O[C@@H]2OC(C)(C)O[C@@H]2[C@H]2OCO[C@H]21. The Labute approximate surface area is 201 Å². The first-order valence-corrected chi connectivity index (χ1v) is 13.5. The molecule has 0 N–H and O–H groups in total. The Hall–Kier alpha value is -0.280. The number of fused-ring (bicyclic) bond motifs is 3. The zero-order chi connectivity index (χ0) is 23.4. The maximum atomic E-state index is 6.09. The van der Waals surface area contributed by atoms with Crippen molar-refractivity contribution in [3.8, 4) is 0 Å². The van der Waals surface area contributed by atoms with Crippen molar-refractivity contribution in [1.29, 1.82) is 0 Å². The smallest absolute Gasteiger partial charge is 0.190 e.